The SMILES string of the molecule is CC[NH+](CC(=O)NCc1ccc(F)cc1)Cc1ccc(OC)c(F)c1. The fourth-order valence-electron chi connectivity index (χ4n) is 2.51. The highest BCUT2D eigenvalue weighted by atomic mass is 19.1. The molecule has 6 heteroatoms. The van der Waals surface area contributed by atoms with Gasteiger partial charge in [0.05, 0.1) is 13.7 Å². The highest BCUT2D eigenvalue weighted by molar-refractivity contribution is 5.76. The minimum Gasteiger partial charge on any atom is -0.494 e. The number of hydrogen-bond donors (Lipinski definition) is 2. The third-order valence-corrected chi connectivity index (χ3v) is 3.98. The Kier molecular flexibility index (Phi) is 6.89. The number of carbonyl (C=O) groups is 1. The molecule has 0 aliphatic carbocycles. The second kappa shape index (κ2) is 9.13. The standard InChI is InChI=1S/C19H22F2N2O2/c1-3-23(12-15-6-9-18(25-2)17(21)10-15)13-19(24)22-11-14-4-7-16(20)8-5-14/h4-10H,3,11-13H2,1-2H3,(H,22,24)/p+1. The molecule has 25 heavy (non-hydrogen) atoms. The summed E-state index contributed by atoms with van der Waals surface area (Å²) in [6.45, 7) is 3.89. The van der Waals surface area contributed by atoms with Crippen molar-refractivity contribution in [3.63, 3.8) is 0 Å². The number of likely N-dealkylation sites (N-methyl/N-ethyl adjacent to an activating group) is 1. The highest BCUT2D eigenvalue weighted by Gasteiger charge is 2.14. The van der Waals surface area contributed by atoms with Crippen molar-refractivity contribution in [2.24, 2.45) is 0 Å². The number of ether oxygens (including phenoxy) is 1. The molecule has 0 radical (unpaired) electrons. The summed E-state index contributed by atoms with van der Waals surface area (Å²) in [5.74, 6) is -0.603. The van der Waals surface area contributed by atoms with Crippen LogP contribution in [0.15, 0.2) is 42.5 Å². The maximum absolute atomic E-state index is 13.8. The van der Waals surface area contributed by atoms with Gasteiger partial charge in [0.25, 0.3) is 5.91 Å². The normalized spacial score (nSPS) is 11.8. The highest BCUT2D eigenvalue weighted by Crippen LogP contribution is 2.17. The summed E-state index contributed by atoms with van der Waals surface area (Å²) < 4.78 is 31.5. The van der Waals surface area contributed by atoms with Gasteiger partial charge in [-0.25, -0.2) is 8.78 Å². The van der Waals surface area contributed by atoms with E-state index in [1.54, 1.807) is 24.3 Å². The Hall–Kier alpha value is -2.47. The first-order chi connectivity index (χ1) is 12.0. The largest absolute Gasteiger partial charge is 0.494 e. The van der Waals surface area contributed by atoms with E-state index in [-0.39, 0.29) is 24.0 Å². The van der Waals surface area contributed by atoms with Gasteiger partial charge in [0.2, 0.25) is 0 Å². The monoisotopic (exact) mass is 349 g/mol. The van der Waals surface area contributed by atoms with Crippen molar-refractivity contribution in [3.05, 3.63) is 65.2 Å². The summed E-state index contributed by atoms with van der Waals surface area (Å²) in [7, 11) is 1.42. The van der Waals surface area contributed by atoms with Gasteiger partial charge in [0.1, 0.15) is 12.4 Å². The van der Waals surface area contributed by atoms with Crippen LogP contribution in [0.3, 0.4) is 0 Å². The summed E-state index contributed by atoms with van der Waals surface area (Å²) in [5.41, 5.74) is 1.64. The van der Waals surface area contributed by atoms with Crippen molar-refractivity contribution in [1.29, 1.82) is 0 Å². The molecule has 4 nitrogen and oxygen atoms in total. The van der Waals surface area contributed by atoms with E-state index >= 15 is 0 Å². The van der Waals surface area contributed by atoms with Crippen LogP contribution in [0, 0.1) is 11.6 Å². The topological polar surface area (TPSA) is 42.8 Å². The molecule has 2 aromatic rings. The number of hydrogen-bond acceptors (Lipinski definition) is 2. The summed E-state index contributed by atoms with van der Waals surface area (Å²) in [5, 5.41) is 2.82. The van der Waals surface area contributed by atoms with E-state index in [1.165, 1.54) is 25.3 Å². The maximum atomic E-state index is 13.8. The average Bonchev–Trinajstić information content (AvgIpc) is 2.61. The smallest absolute Gasteiger partial charge is 0.275 e. The van der Waals surface area contributed by atoms with Gasteiger partial charge in [-0.05, 0) is 42.8 Å². The lowest BCUT2D eigenvalue weighted by molar-refractivity contribution is -0.904. The van der Waals surface area contributed by atoms with E-state index in [2.05, 4.69) is 5.32 Å². The molecule has 1 atom stereocenters. The van der Waals surface area contributed by atoms with Crippen molar-refractivity contribution in [3.8, 4) is 5.75 Å². The molecule has 0 aromatic heterocycles. The lowest BCUT2D eigenvalue weighted by atomic mass is 10.2. The Labute approximate surface area is 146 Å². The minimum atomic E-state index is -0.406. The van der Waals surface area contributed by atoms with Crippen LogP contribution >= 0.6 is 0 Å². The number of rotatable bonds is 8. The van der Waals surface area contributed by atoms with Gasteiger partial charge >= 0.3 is 0 Å². The van der Waals surface area contributed by atoms with Crippen LogP contribution in [-0.4, -0.2) is 26.1 Å². The lowest BCUT2D eigenvalue weighted by Crippen LogP contribution is -3.11. The van der Waals surface area contributed by atoms with Crippen molar-refractivity contribution in [2.45, 2.75) is 20.0 Å². The zero-order chi connectivity index (χ0) is 18.2. The van der Waals surface area contributed by atoms with Crippen molar-refractivity contribution < 1.29 is 23.2 Å². The van der Waals surface area contributed by atoms with Crippen LogP contribution in [0.5, 0.6) is 5.75 Å². The van der Waals surface area contributed by atoms with Crippen LogP contribution in [0.25, 0.3) is 0 Å². The first-order valence-corrected chi connectivity index (χ1v) is 8.19. The quantitative estimate of drug-likeness (QED) is 0.762. The number of quaternary nitrogens is 1. The van der Waals surface area contributed by atoms with Crippen LogP contribution in [-0.2, 0) is 17.9 Å². The van der Waals surface area contributed by atoms with Crippen LogP contribution in [0.4, 0.5) is 8.78 Å². The molecule has 2 aromatic carbocycles. The van der Waals surface area contributed by atoms with Gasteiger partial charge in [-0.2, -0.15) is 0 Å². The zero-order valence-corrected chi connectivity index (χ0v) is 14.4. The Morgan fingerprint density at radius 2 is 1.80 bits per heavy atom. The Morgan fingerprint density at radius 1 is 1.12 bits per heavy atom. The molecule has 1 amide bonds. The second-order valence-corrected chi connectivity index (χ2v) is 5.83. The van der Waals surface area contributed by atoms with Crippen LogP contribution in [0.2, 0.25) is 0 Å². The summed E-state index contributed by atoms with van der Waals surface area (Å²) in [4.78, 5) is 13.1. The van der Waals surface area contributed by atoms with Gasteiger partial charge in [0, 0.05) is 12.1 Å². The molecular formula is C19H23F2N2O2+. The average molecular weight is 349 g/mol. The molecule has 0 saturated carbocycles. The zero-order valence-electron chi connectivity index (χ0n) is 14.4. The van der Waals surface area contributed by atoms with E-state index in [0.29, 0.717) is 13.1 Å². The number of benzene rings is 2. The fraction of sp³-hybridized carbons (Fsp3) is 0.316. The van der Waals surface area contributed by atoms with Gasteiger partial charge < -0.3 is 15.0 Å². The van der Waals surface area contributed by atoms with E-state index in [4.69, 9.17) is 4.74 Å². The van der Waals surface area contributed by atoms with Gasteiger partial charge in [0.15, 0.2) is 18.1 Å². The molecular weight excluding hydrogens is 326 g/mol. The number of amides is 1. The molecule has 0 aliphatic rings. The molecule has 1 unspecified atom stereocenters. The van der Waals surface area contributed by atoms with E-state index < -0.39 is 5.82 Å². The van der Waals surface area contributed by atoms with Gasteiger partial charge in [-0.15, -0.1) is 0 Å². The predicted octanol–water partition coefficient (Wildman–Crippen LogP) is 1.69. The second-order valence-electron chi connectivity index (χ2n) is 5.83. The Bertz CT molecular complexity index is 705. The first kappa shape index (κ1) is 18.9. The number of methoxy groups -OCH3 is 1. The van der Waals surface area contributed by atoms with E-state index in [0.717, 1.165) is 22.6 Å². The summed E-state index contributed by atoms with van der Waals surface area (Å²) >= 11 is 0. The molecule has 0 saturated heterocycles. The van der Waals surface area contributed by atoms with Crippen LogP contribution in [0.1, 0.15) is 18.1 Å². The summed E-state index contributed by atoms with van der Waals surface area (Å²) in [6, 6.07) is 10.8. The number of halogens is 2. The van der Waals surface area contributed by atoms with Crippen molar-refractivity contribution in [1.82, 2.24) is 5.32 Å². The van der Waals surface area contributed by atoms with E-state index in [1.807, 2.05) is 6.92 Å². The van der Waals surface area contributed by atoms with Crippen LogP contribution < -0.4 is 15.0 Å². The lowest BCUT2D eigenvalue weighted by Gasteiger charge is -2.17. The van der Waals surface area contributed by atoms with E-state index in [9.17, 15) is 13.6 Å². The first-order valence-electron chi connectivity index (χ1n) is 8.19. The van der Waals surface area contributed by atoms with Crippen molar-refractivity contribution in [2.75, 3.05) is 20.2 Å². The predicted molar refractivity (Wildman–Crippen MR) is 91.3 cm³/mol. The molecule has 2 rings (SSSR count). The number of carbonyl (C=O) groups excluding carboxylic acids is 1. The fourth-order valence-corrected chi connectivity index (χ4v) is 2.51. The molecule has 134 valence electrons. The maximum Gasteiger partial charge on any atom is 0.275 e. The van der Waals surface area contributed by atoms with Crippen molar-refractivity contribution >= 4 is 5.91 Å². The Balaban J connectivity index is 1.86. The molecule has 0 spiro atoms. The molecule has 0 bridgehead atoms. The summed E-state index contributed by atoms with van der Waals surface area (Å²) in [6.07, 6.45) is 0. The third kappa shape index (κ3) is 5.83. The minimum absolute atomic E-state index is 0.102. The van der Waals surface area contributed by atoms with Gasteiger partial charge in [-0.3, -0.25) is 4.79 Å². The third-order valence-electron chi connectivity index (χ3n) is 3.98. The van der Waals surface area contributed by atoms with Gasteiger partial charge in [-0.1, -0.05) is 12.1 Å². The molecule has 2 N–H and O–H groups in total. The molecule has 0 fully saturated rings. The molecule has 0 aliphatic heterocycles. The Morgan fingerprint density at radius 3 is 2.40 bits per heavy atom. The molecule has 0 heterocycles. The number of nitrogens with one attached hydrogen (secondary N) is 2.